The van der Waals surface area contributed by atoms with Crippen molar-refractivity contribution >= 4 is 15.9 Å². The van der Waals surface area contributed by atoms with Crippen molar-refractivity contribution in [1.82, 2.24) is 9.97 Å². The molecule has 2 nitrogen and oxygen atoms in total. The molecular weight excluding hydrogens is 216 g/mol. The number of hydrogen-bond acceptors (Lipinski definition) is 0. The molecule has 12 heavy (non-hydrogen) atoms. The fraction of sp³-hybridized carbons (Fsp3) is 0.111. The predicted octanol–water partition coefficient (Wildman–Crippen LogP) is 2.70. The Kier molecular flexibility index (Phi) is 2.04. The van der Waals surface area contributed by atoms with Gasteiger partial charge in [0.15, 0.2) is 0 Å². The van der Waals surface area contributed by atoms with Crippen LogP contribution in [0.15, 0.2) is 35.1 Å². The van der Waals surface area contributed by atoms with Crippen molar-refractivity contribution in [3.05, 3.63) is 46.5 Å². The van der Waals surface area contributed by atoms with Gasteiger partial charge in [-0.3, -0.25) is 0 Å². The number of H-pyrrole nitrogens is 2. The topological polar surface area (TPSA) is 31.6 Å². The van der Waals surface area contributed by atoms with Crippen molar-refractivity contribution in [2.75, 3.05) is 0 Å². The maximum Gasteiger partial charge on any atom is 0.0352 e. The minimum Gasteiger partial charge on any atom is -0.365 e. The second-order valence-electron chi connectivity index (χ2n) is 2.72. The van der Waals surface area contributed by atoms with Crippen LogP contribution in [0.25, 0.3) is 0 Å². The van der Waals surface area contributed by atoms with Gasteiger partial charge in [-0.1, -0.05) is 0 Å². The zero-order valence-electron chi connectivity index (χ0n) is 6.47. The van der Waals surface area contributed by atoms with Crippen molar-refractivity contribution in [3.8, 4) is 0 Å². The van der Waals surface area contributed by atoms with Crippen molar-refractivity contribution in [2.45, 2.75) is 6.42 Å². The summed E-state index contributed by atoms with van der Waals surface area (Å²) in [6.45, 7) is 0. The largest absolute Gasteiger partial charge is 0.365 e. The lowest BCUT2D eigenvalue weighted by Gasteiger charge is -1.92. The van der Waals surface area contributed by atoms with E-state index < -0.39 is 0 Å². The number of hydrogen-bond donors (Lipinski definition) is 2. The molecule has 62 valence electrons. The summed E-state index contributed by atoms with van der Waals surface area (Å²) in [7, 11) is 0. The van der Waals surface area contributed by atoms with E-state index in [2.05, 4.69) is 38.0 Å². The quantitative estimate of drug-likeness (QED) is 0.787. The molecule has 2 aromatic rings. The smallest absolute Gasteiger partial charge is 0.0352 e. The van der Waals surface area contributed by atoms with Gasteiger partial charge in [0, 0.05) is 34.7 Å². The second-order valence-corrected chi connectivity index (χ2v) is 3.63. The maximum atomic E-state index is 3.39. The molecule has 0 aliphatic heterocycles. The standard InChI is InChI=1S/C9H9BrN2/c10-7-4-9(12-6-7)5-8-2-1-3-11-8/h1-4,6,11-12H,5H2. The molecule has 0 aromatic carbocycles. The first-order valence-corrected chi connectivity index (χ1v) is 4.59. The summed E-state index contributed by atoms with van der Waals surface area (Å²) in [6, 6.07) is 6.17. The van der Waals surface area contributed by atoms with Crippen LogP contribution < -0.4 is 0 Å². The first-order valence-electron chi connectivity index (χ1n) is 3.79. The van der Waals surface area contributed by atoms with Crippen LogP contribution in [-0.4, -0.2) is 9.97 Å². The number of aromatic amines is 2. The van der Waals surface area contributed by atoms with Gasteiger partial charge in [-0.05, 0) is 34.1 Å². The summed E-state index contributed by atoms with van der Waals surface area (Å²) in [5.74, 6) is 0. The van der Waals surface area contributed by atoms with E-state index in [4.69, 9.17) is 0 Å². The van der Waals surface area contributed by atoms with Crippen molar-refractivity contribution in [3.63, 3.8) is 0 Å². The number of rotatable bonds is 2. The molecule has 0 fully saturated rings. The van der Waals surface area contributed by atoms with Crippen LogP contribution in [0.2, 0.25) is 0 Å². The summed E-state index contributed by atoms with van der Waals surface area (Å²) in [4.78, 5) is 6.34. The van der Waals surface area contributed by atoms with Gasteiger partial charge in [-0.25, -0.2) is 0 Å². The molecule has 2 heterocycles. The summed E-state index contributed by atoms with van der Waals surface area (Å²) in [5.41, 5.74) is 2.44. The molecule has 0 spiro atoms. The third kappa shape index (κ3) is 1.61. The van der Waals surface area contributed by atoms with Crippen LogP contribution in [0.4, 0.5) is 0 Å². The van der Waals surface area contributed by atoms with E-state index in [0.717, 1.165) is 10.9 Å². The molecule has 2 aromatic heterocycles. The van der Waals surface area contributed by atoms with Crippen molar-refractivity contribution in [2.24, 2.45) is 0 Å². The number of aromatic nitrogens is 2. The zero-order chi connectivity index (χ0) is 8.39. The molecule has 0 unspecified atom stereocenters. The minimum absolute atomic E-state index is 0.929. The van der Waals surface area contributed by atoms with Crippen molar-refractivity contribution < 1.29 is 0 Å². The summed E-state index contributed by atoms with van der Waals surface area (Å²) < 4.78 is 1.10. The lowest BCUT2D eigenvalue weighted by atomic mass is 10.2. The average molecular weight is 225 g/mol. The Bertz CT molecular complexity index is 348. The lowest BCUT2D eigenvalue weighted by molar-refractivity contribution is 1.05. The zero-order valence-corrected chi connectivity index (χ0v) is 8.06. The van der Waals surface area contributed by atoms with E-state index in [-0.39, 0.29) is 0 Å². The van der Waals surface area contributed by atoms with Gasteiger partial charge in [-0.15, -0.1) is 0 Å². The van der Waals surface area contributed by atoms with Crippen LogP contribution in [0, 0.1) is 0 Å². The fourth-order valence-electron chi connectivity index (χ4n) is 1.20. The van der Waals surface area contributed by atoms with Gasteiger partial charge >= 0.3 is 0 Å². The molecule has 0 atom stereocenters. The minimum atomic E-state index is 0.929. The summed E-state index contributed by atoms with van der Waals surface area (Å²) in [6.07, 6.45) is 4.81. The normalized spacial score (nSPS) is 10.4. The molecule has 0 radical (unpaired) electrons. The molecule has 2 N–H and O–H groups in total. The van der Waals surface area contributed by atoms with Crippen LogP contribution in [0.5, 0.6) is 0 Å². The predicted molar refractivity (Wildman–Crippen MR) is 52.1 cm³/mol. The highest BCUT2D eigenvalue weighted by Gasteiger charge is 1.98. The van der Waals surface area contributed by atoms with Crippen LogP contribution >= 0.6 is 15.9 Å². The lowest BCUT2D eigenvalue weighted by Crippen LogP contribution is -1.86. The van der Waals surface area contributed by atoms with Gasteiger partial charge in [-0.2, -0.15) is 0 Å². The van der Waals surface area contributed by atoms with E-state index in [1.807, 2.05) is 18.5 Å². The first kappa shape index (κ1) is 7.68. The van der Waals surface area contributed by atoms with Crippen LogP contribution in [0.3, 0.4) is 0 Å². The number of nitrogens with one attached hydrogen (secondary N) is 2. The number of halogens is 1. The highest BCUT2D eigenvalue weighted by molar-refractivity contribution is 9.10. The van der Waals surface area contributed by atoms with Crippen molar-refractivity contribution in [1.29, 1.82) is 0 Å². The molecule has 2 rings (SSSR count). The highest BCUT2D eigenvalue weighted by Crippen LogP contribution is 2.13. The fourth-order valence-corrected chi connectivity index (χ4v) is 1.59. The molecule has 0 aliphatic rings. The monoisotopic (exact) mass is 224 g/mol. The first-order chi connectivity index (χ1) is 5.84. The second kappa shape index (κ2) is 3.19. The Morgan fingerprint density at radius 2 is 2.17 bits per heavy atom. The molecular formula is C9H9BrN2. The van der Waals surface area contributed by atoms with Crippen LogP contribution in [-0.2, 0) is 6.42 Å². The van der Waals surface area contributed by atoms with Gasteiger partial charge in [0.2, 0.25) is 0 Å². The molecule has 0 bridgehead atoms. The van der Waals surface area contributed by atoms with E-state index >= 15 is 0 Å². The Labute approximate surface area is 79.1 Å². The molecule has 0 aliphatic carbocycles. The maximum absolute atomic E-state index is 3.39. The molecule has 3 heteroatoms. The Morgan fingerprint density at radius 1 is 1.25 bits per heavy atom. The SMILES string of the molecule is Brc1c[nH]c(Cc2ccc[nH]2)c1. The molecule has 0 saturated carbocycles. The van der Waals surface area contributed by atoms with Crippen LogP contribution in [0.1, 0.15) is 11.4 Å². The molecule has 0 amide bonds. The summed E-state index contributed by atoms with van der Waals surface area (Å²) in [5, 5.41) is 0. The highest BCUT2D eigenvalue weighted by atomic mass is 79.9. The van der Waals surface area contributed by atoms with E-state index in [1.165, 1.54) is 11.4 Å². The third-order valence-corrected chi connectivity index (χ3v) is 2.21. The van der Waals surface area contributed by atoms with Gasteiger partial charge in [0.1, 0.15) is 0 Å². The van der Waals surface area contributed by atoms with E-state index in [9.17, 15) is 0 Å². The Hall–Kier alpha value is -0.960. The van der Waals surface area contributed by atoms with Gasteiger partial charge < -0.3 is 9.97 Å². The molecule has 0 saturated heterocycles. The Balaban J connectivity index is 2.14. The van der Waals surface area contributed by atoms with Gasteiger partial charge in [0.05, 0.1) is 0 Å². The summed E-state index contributed by atoms with van der Waals surface area (Å²) >= 11 is 3.39. The van der Waals surface area contributed by atoms with E-state index in [1.54, 1.807) is 0 Å². The van der Waals surface area contributed by atoms with E-state index in [0.29, 0.717) is 0 Å². The van der Waals surface area contributed by atoms with Gasteiger partial charge in [0.25, 0.3) is 0 Å². The third-order valence-electron chi connectivity index (χ3n) is 1.75. The average Bonchev–Trinajstić information content (AvgIpc) is 2.63. The Morgan fingerprint density at radius 3 is 2.75 bits per heavy atom.